The van der Waals surface area contributed by atoms with Gasteiger partial charge in [0.05, 0.1) is 24.5 Å². The van der Waals surface area contributed by atoms with Crippen LogP contribution in [0.3, 0.4) is 0 Å². The van der Waals surface area contributed by atoms with Gasteiger partial charge in [-0.15, -0.1) is 0 Å². The van der Waals surface area contributed by atoms with E-state index in [0.717, 1.165) is 33.9 Å². The van der Waals surface area contributed by atoms with Crippen LogP contribution in [0.1, 0.15) is 33.9 Å². The number of rotatable bonds is 6. The summed E-state index contributed by atoms with van der Waals surface area (Å²) < 4.78 is 0. The molecule has 2 heterocycles. The molecule has 0 aliphatic carbocycles. The zero-order chi connectivity index (χ0) is 24.2. The van der Waals surface area contributed by atoms with E-state index < -0.39 is 0 Å². The minimum absolute atomic E-state index is 0. The van der Waals surface area contributed by atoms with Gasteiger partial charge in [0.2, 0.25) is 0 Å². The van der Waals surface area contributed by atoms with Crippen molar-refractivity contribution >= 4 is 12.4 Å². The summed E-state index contributed by atoms with van der Waals surface area (Å²) in [5.41, 5.74) is 5.27. The van der Waals surface area contributed by atoms with Crippen LogP contribution in [-0.2, 0) is 29.6 Å². The first kappa shape index (κ1) is 27.4. The third-order valence-electron chi connectivity index (χ3n) is 4.73. The summed E-state index contributed by atoms with van der Waals surface area (Å²) in [6.07, 6.45) is 3.33. The number of aryl methyl sites for hydroxylation is 2. The van der Waals surface area contributed by atoms with Gasteiger partial charge in [-0.05, 0) is 62.4 Å². The second-order valence-corrected chi connectivity index (χ2v) is 7.60. The summed E-state index contributed by atoms with van der Waals surface area (Å²) in [5.74, 6) is 0.488. The number of nitrogens with zero attached hydrogens (tertiary/aromatic N) is 4. The quantitative estimate of drug-likeness (QED) is 0.267. The number of phenolic OH excluding ortho intramolecular Hbond substituents is 2. The van der Waals surface area contributed by atoms with E-state index >= 15 is 0 Å². The second kappa shape index (κ2) is 14.4. The van der Waals surface area contributed by atoms with E-state index in [9.17, 15) is 10.2 Å². The maximum atomic E-state index is 9.54. The molecule has 6 nitrogen and oxygen atoms in total. The third kappa shape index (κ3) is 9.51. The number of aromatic nitrogens is 2. The number of benzene rings is 2. The molecule has 182 valence electrons. The van der Waals surface area contributed by atoms with Crippen molar-refractivity contribution in [3.05, 3.63) is 119 Å². The minimum Gasteiger partial charge on any atom is -0.507 e. The number of aromatic hydroxyl groups is 2. The Hall–Kier alpha value is -3.83. The molecule has 7 heteroatoms. The molecule has 2 aromatic heterocycles. The van der Waals surface area contributed by atoms with E-state index in [2.05, 4.69) is 20.0 Å². The van der Waals surface area contributed by atoms with Crippen LogP contribution in [0.5, 0.6) is 11.5 Å². The van der Waals surface area contributed by atoms with Gasteiger partial charge in [0.1, 0.15) is 11.5 Å². The average Bonchev–Trinajstić information content (AvgIpc) is 2.82. The fourth-order valence-corrected chi connectivity index (χ4v) is 3.04. The molecule has 0 unspecified atom stereocenters. The van der Waals surface area contributed by atoms with Gasteiger partial charge < -0.3 is 10.2 Å². The van der Waals surface area contributed by atoms with Crippen LogP contribution >= 0.6 is 0 Å². The van der Waals surface area contributed by atoms with Gasteiger partial charge in [0, 0.05) is 51.4 Å². The van der Waals surface area contributed by atoms with Crippen molar-refractivity contribution in [2.24, 2.45) is 9.98 Å². The first-order chi connectivity index (χ1) is 16.5. The Bertz CT molecular complexity index is 1180. The Morgan fingerprint density at radius 2 is 1.00 bits per heavy atom. The van der Waals surface area contributed by atoms with Gasteiger partial charge in [0.15, 0.2) is 0 Å². The summed E-state index contributed by atoms with van der Waals surface area (Å²) in [7, 11) is 0. The Labute approximate surface area is 216 Å². The number of hydrogen-bond donors (Lipinski definition) is 2. The Kier molecular flexibility index (Phi) is 11.3. The number of pyridine rings is 2. The second-order valence-electron chi connectivity index (χ2n) is 7.60. The van der Waals surface area contributed by atoms with Crippen LogP contribution in [0, 0.1) is 13.8 Å². The van der Waals surface area contributed by atoms with E-state index in [4.69, 9.17) is 0 Å². The SMILES string of the molecule is Cc1cccc(CN=Cc2ccccc2O)n1.Cc1cccc(CN=Cc2ccccc2O)n1.[Ni]. The number of phenols is 2. The predicted octanol–water partition coefficient (Wildman–Crippen LogP) is 5.43. The van der Waals surface area contributed by atoms with Crippen molar-refractivity contribution in [3.63, 3.8) is 0 Å². The largest absolute Gasteiger partial charge is 0.507 e. The van der Waals surface area contributed by atoms with Gasteiger partial charge in [0.25, 0.3) is 0 Å². The van der Waals surface area contributed by atoms with Gasteiger partial charge in [-0.3, -0.25) is 20.0 Å². The molecular formula is C28H28N4NiO2. The van der Waals surface area contributed by atoms with Gasteiger partial charge >= 0.3 is 0 Å². The summed E-state index contributed by atoms with van der Waals surface area (Å²) in [6, 6.07) is 26.0. The molecule has 2 aromatic carbocycles. The van der Waals surface area contributed by atoms with Crippen molar-refractivity contribution in [1.82, 2.24) is 9.97 Å². The topological polar surface area (TPSA) is 91.0 Å². The fraction of sp³-hybridized carbons (Fsp3) is 0.143. The molecule has 0 amide bonds. The van der Waals surface area contributed by atoms with E-state index in [-0.39, 0.29) is 28.0 Å². The summed E-state index contributed by atoms with van der Waals surface area (Å²) >= 11 is 0. The van der Waals surface area contributed by atoms with Crippen molar-refractivity contribution in [2.75, 3.05) is 0 Å². The van der Waals surface area contributed by atoms with Crippen LogP contribution in [0.4, 0.5) is 0 Å². The molecule has 0 saturated heterocycles. The zero-order valence-electron chi connectivity index (χ0n) is 19.7. The first-order valence-corrected chi connectivity index (χ1v) is 10.9. The van der Waals surface area contributed by atoms with Crippen LogP contribution in [-0.4, -0.2) is 32.6 Å². The van der Waals surface area contributed by atoms with Crippen LogP contribution in [0.25, 0.3) is 0 Å². The van der Waals surface area contributed by atoms with Crippen molar-refractivity contribution in [1.29, 1.82) is 0 Å². The molecule has 0 fully saturated rings. The monoisotopic (exact) mass is 510 g/mol. The average molecular weight is 511 g/mol. The van der Waals surface area contributed by atoms with Gasteiger partial charge in [-0.2, -0.15) is 0 Å². The molecule has 4 rings (SSSR count). The molecule has 0 aliphatic heterocycles. The number of hydrogen-bond acceptors (Lipinski definition) is 6. The Morgan fingerprint density at radius 3 is 1.37 bits per heavy atom. The smallest absolute Gasteiger partial charge is 0.124 e. The molecule has 0 bridgehead atoms. The summed E-state index contributed by atoms with van der Waals surface area (Å²) in [4.78, 5) is 17.2. The van der Waals surface area contributed by atoms with E-state index in [0.29, 0.717) is 13.1 Å². The minimum atomic E-state index is 0. The maximum Gasteiger partial charge on any atom is 0.124 e. The fourth-order valence-electron chi connectivity index (χ4n) is 3.04. The molecule has 0 spiro atoms. The molecule has 4 aromatic rings. The van der Waals surface area contributed by atoms with Crippen molar-refractivity contribution in [3.8, 4) is 11.5 Å². The van der Waals surface area contributed by atoms with E-state index in [1.165, 1.54) is 0 Å². The van der Waals surface area contributed by atoms with Crippen LogP contribution in [0.2, 0.25) is 0 Å². The Balaban J connectivity index is 0.000000240. The maximum absolute atomic E-state index is 9.54. The zero-order valence-corrected chi connectivity index (χ0v) is 20.6. The molecule has 0 aliphatic rings. The predicted molar refractivity (Wildman–Crippen MR) is 137 cm³/mol. The normalized spacial score (nSPS) is 10.6. The first-order valence-electron chi connectivity index (χ1n) is 10.9. The van der Waals surface area contributed by atoms with Crippen LogP contribution < -0.4 is 0 Å². The standard InChI is InChI=1S/2C14H14N2O.Ni/c2*1-11-5-4-7-13(16-11)10-15-9-12-6-2-3-8-14(12)17;/h2*2-9,17H,10H2,1H3;. The molecule has 0 atom stereocenters. The van der Waals surface area contributed by atoms with Crippen LogP contribution in [0.15, 0.2) is 94.9 Å². The van der Waals surface area contributed by atoms with Crippen molar-refractivity contribution < 1.29 is 26.7 Å². The Morgan fingerprint density at radius 1 is 0.600 bits per heavy atom. The molecule has 35 heavy (non-hydrogen) atoms. The summed E-state index contributed by atoms with van der Waals surface area (Å²) in [6.45, 7) is 4.96. The van der Waals surface area contributed by atoms with E-state index in [1.807, 2.05) is 74.5 Å². The third-order valence-corrected chi connectivity index (χ3v) is 4.73. The molecule has 2 N–H and O–H groups in total. The van der Waals surface area contributed by atoms with Crippen molar-refractivity contribution in [2.45, 2.75) is 26.9 Å². The molecule has 0 saturated carbocycles. The van der Waals surface area contributed by atoms with Gasteiger partial charge in [-0.25, -0.2) is 0 Å². The summed E-state index contributed by atoms with van der Waals surface area (Å²) in [5, 5.41) is 19.1. The molecular weight excluding hydrogens is 483 g/mol. The number of para-hydroxylation sites is 2. The number of aliphatic imine (C=N–C) groups is 2. The van der Waals surface area contributed by atoms with E-state index in [1.54, 1.807) is 36.7 Å². The van der Waals surface area contributed by atoms with Gasteiger partial charge in [-0.1, -0.05) is 36.4 Å². The molecule has 0 radical (unpaired) electrons.